The lowest BCUT2D eigenvalue weighted by molar-refractivity contribution is -0.124. The molecule has 19 heteroatoms. The number of methoxy groups -OCH3 is 1. The molecule has 0 aliphatic carbocycles. The minimum Gasteiger partial charge on any atom is -0.375 e. The molecular formula is C29H37N11O8. The van der Waals surface area contributed by atoms with Gasteiger partial charge in [0.15, 0.2) is 5.84 Å². The fourth-order valence-corrected chi connectivity index (χ4v) is 3.11. The largest absolute Gasteiger partial charge is 0.375 e. The second-order valence-electron chi connectivity index (χ2n) is 9.54. The van der Waals surface area contributed by atoms with E-state index in [0.29, 0.717) is 23.5 Å². The molecular weight excluding hydrogens is 630 g/mol. The van der Waals surface area contributed by atoms with Crippen LogP contribution < -0.4 is 26.6 Å². The van der Waals surface area contributed by atoms with Crippen molar-refractivity contribution in [2.24, 2.45) is 30.0 Å². The van der Waals surface area contributed by atoms with Gasteiger partial charge in [0, 0.05) is 39.3 Å². The summed E-state index contributed by atoms with van der Waals surface area (Å²) in [5, 5.41) is 11.8. The highest BCUT2D eigenvalue weighted by molar-refractivity contribution is 6.45. The van der Waals surface area contributed by atoms with Gasteiger partial charge in [-0.25, -0.2) is 29.6 Å². The predicted molar refractivity (Wildman–Crippen MR) is 178 cm³/mol. The average Bonchev–Trinajstić information content (AvgIpc) is 2.99. The molecule has 0 radical (unpaired) electrons. The molecule has 0 saturated heterocycles. The van der Waals surface area contributed by atoms with Gasteiger partial charge in [0.05, 0.1) is 11.4 Å². The molecule has 0 aromatic carbocycles. The minimum absolute atomic E-state index is 0.0303. The summed E-state index contributed by atoms with van der Waals surface area (Å²) in [6.45, 7) is 17.4. The number of amidine groups is 4. The zero-order valence-electron chi connectivity index (χ0n) is 27.2. The Bertz CT molecular complexity index is 1580. The Morgan fingerprint density at radius 2 is 1.44 bits per heavy atom. The summed E-state index contributed by atoms with van der Waals surface area (Å²) in [4.78, 5) is 99.5. The fraction of sp³-hybridized carbons (Fsp3) is 0.345. The number of amides is 9. The number of hydrogen-bond donors (Lipinski definition) is 5. The van der Waals surface area contributed by atoms with Crippen LogP contribution in [0.4, 0.5) is 9.59 Å². The topological polar surface area (TPSA) is 263 Å². The quantitative estimate of drug-likeness (QED) is 0.247. The van der Waals surface area contributed by atoms with E-state index in [0.717, 1.165) is 19.3 Å². The molecule has 256 valence electrons. The molecule has 19 nitrogen and oxygen atoms in total. The summed E-state index contributed by atoms with van der Waals surface area (Å²) in [6.07, 6.45) is 4.35. The molecule has 48 heavy (non-hydrogen) atoms. The van der Waals surface area contributed by atoms with Crippen molar-refractivity contribution in [1.29, 1.82) is 0 Å². The van der Waals surface area contributed by atoms with Gasteiger partial charge in [-0.1, -0.05) is 39.5 Å². The van der Waals surface area contributed by atoms with Crippen molar-refractivity contribution < 1.29 is 38.3 Å². The molecule has 0 unspecified atom stereocenters. The van der Waals surface area contributed by atoms with E-state index in [1.807, 2.05) is 0 Å². The van der Waals surface area contributed by atoms with Crippen LogP contribution in [0.15, 0.2) is 66.7 Å². The lowest BCUT2D eigenvalue weighted by atomic mass is 10.2. The SMILES string of the molecule is C=C1C=NC(=O)NC1=NC(=O)NCCCCC.C=C1N=C(NC(=O)COC)C(=O)N=C1NC(C)=O.C=C1N=C(NC(C)=O)C(=O)N=C1C. The van der Waals surface area contributed by atoms with Crippen molar-refractivity contribution >= 4 is 76.9 Å². The van der Waals surface area contributed by atoms with Gasteiger partial charge in [-0.2, -0.15) is 9.98 Å². The number of hydrogen-bond acceptors (Lipinski definition) is 10. The van der Waals surface area contributed by atoms with Crippen LogP contribution in [0.25, 0.3) is 0 Å². The van der Waals surface area contributed by atoms with Gasteiger partial charge in [-0.15, -0.1) is 0 Å². The molecule has 0 aromatic heterocycles. The van der Waals surface area contributed by atoms with E-state index >= 15 is 0 Å². The number of ether oxygens (including phenoxy) is 1. The Hall–Kier alpha value is -6.11. The lowest BCUT2D eigenvalue weighted by Gasteiger charge is -2.13. The van der Waals surface area contributed by atoms with E-state index in [1.165, 1.54) is 27.2 Å². The van der Waals surface area contributed by atoms with Gasteiger partial charge in [-0.3, -0.25) is 29.3 Å². The Morgan fingerprint density at radius 3 is 2.04 bits per heavy atom. The van der Waals surface area contributed by atoms with E-state index in [2.05, 4.69) is 87.9 Å². The van der Waals surface area contributed by atoms with Gasteiger partial charge in [0.25, 0.3) is 5.91 Å². The van der Waals surface area contributed by atoms with Crippen LogP contribution in [0.1, 0.15) is 47.0 Å². The summed E-state index contributed by atoms with van der Waals surface area (Å²) in [6, 6.07) is -1.03. The highest BCUT2D eigenvalue weighted by Gasteiger charge is 2.22. The molecule has 9 amide bonds. The standard InChI is InChI=1S/C11H16N4O2.C10H12N4O4.C8H9N3O2/c1-3-4-5-6-12-10(16)14-9-8(2)7-13-11(17)15-9;1-5-8(12-6(2)15)14-10(17)9(11-5)13-7(16)4-18-3;1-4-5(2)10-8(13)7(9-4)11-6(3)12/h7H,2-6H2,1H3,(H2,12,14,15,16,17);1,4H2,2-3H3,(H,11,13,16)(H,12,14,15,17);1H2,2-3H3,(H,9,11,12). The predicted octanol–water partition coefficient (Wildman–Crippen LogP) is 0.407. The van der Waals surface area contributed by atoms with E-state index in [9.17, 15) is 33.6 Å². The first kappa shape index (κ1) is 39.9. The summed E-state index contributed by atoms with van der Waals surface area (Å²) in [5.41, 5.74) is 1.35. The third-order valence-electron chi connectivity index (χ3n) is 5.33. The molecule has 3 aliphatic heterocycles. The molecule has 3 rings (SSSR count). The number of nitrogens with zero attached hydrogens (tertiary/aromatic N) is 6. The van der Waals surface area contributed by atoms with E-state index in [-0.39, 0.29) is 41.6 Å². The number of nitrogens with one attached hydrogen (secondary N) is 5. The first-order chi connectivity index (χ1) is 22.6. The smallest absolute Gasteiger partial charge is 0.346 e. The molecule has 0 bridgehead atoms. The summed E-state index contributed by atoms with van der Waals surface area (Å²) in [7, 11) is 1.34. The molecule has 3 aliphatic rings. The van der Waals surface area contributed by atoms with Crippen LogP contribution in [-0.4, -0.2) is 97.1 Å². The maximum atomic E-state index is 11.5. The van der Waals surface area contributed by atoms with Crippen molar-refractivity contribution in [3.05, 3.63) is 36.7 Å². The first-order valence-corrected chi connectivity index (χ1v) is 14.1. The van der Waals surface area contributed by atoms with Crippen LogP contribution in [0, 0.1) is 0 Å². The third-order valence-corrected chi connectivity index (χ3v) is 5.33. The number of unbranched alkanes of at least 4 members (excludes halogenated alkanes) is 2. The summed E-state index contributed by atoms with van der Waals surface area (Å²) < 4.78 is 4.59. The number of rotatable bonds is 6. The Kier molecular flexibility index (Phi) is 16.7. The van der Waals surface area contributed by atoms with Crippen LogP contribution in [0.3, 0.4) is 0 Å². The van der Waals surface area contributed by atoms with Crippen molar-refractivity contribution in [1.82, 2.24) is 26.6 Å². The van der Waals surface area contributed by atoms with Crippen LogP contribution in [0.5, 0.6) is 0 Å². The van der Waals surface area contributed by atoms with E-state index in [4.69, 9.17) is 0 Å². The average molecular weight is 668 g/mol. The van der Waals surface area contributed by atoms with E-state index in [1.54, 1.807) is 6.92 Å². The van der Waals surface area contributed by atoms with Crippen molar-refractivity contribution in [3.8, 4) is 0 Å². The molecule has 0 saturated carbocycles. The van der Waals surface area contributed by atoms with Gasteiger partial charge in [0.2, 0.25) is 23.5 Å². The van der Waals surface area contributed by atoms with Crippen molar-refractivity contribution in [3.63, 3.8) is 0 Å². The monoisotopic (exact) mass is 667 g/mol. The number of carbonyl (C=O) groups is 7. The Morgan fingerprint density at radius 1 is 0.854 bits per heavy atom. The second-order valence-corrected chi connectivity index (χ2v) is 9.54. The Balaban J connectivity index is 0.000000365. The number of urea groups is 2. The van der Waals surface area contributed by atoms with Gasteiger partial charge in [0.1, 0.15) is 18.1 Å². The lowest BCUT2D eigenvalue weighted by Crippen LogP contribution is -2.42. The van der Waals surface area contributed by atoms with Gasteiger partial charge >= 0.3 is 23.9 Å². The summed E-state index contributed by atoms with van der Waals surface area (Å²) in [5.74, 6) is -2.79. The van der Waals surface area contributed by atoms with Crippen LogP contribution in [-0.2, 0) is 28.7 Å². The maximum absolute atomic E-state index is 11.5. The first-order valence-electron chi connectivity index (χ1n) is 14.1. The van der Waals surface area contributed by atoms with Crippen molar-refractivity contribution in [2.45, 2.75) is 47.0 Å². The fourth-order valence-electron chi connectivity index (χ4n) is 3.11. The van der Waals surface area contributed by atoms with Gasteiger partial charge in [-0.05, 0) is 13.3 Å². The zero-order chi connectivity index (χ0) is 36.4. The second kappa shape index (κ2) is 20.1. The highest BCUT2D eigenvalue weighted by Crippen LogP contribution is 2.05. The highest BCUT2D eigenvalue weighted by atomic mass is 16.5. The number of carbonyl (C=O) groups excluding carboxylic acids is 7. The molecule has 0 spiro atoms. The zero-order valence-corrected chi connectivity index (χ0v) is 27.2. The van der Waals surface area contributed by atoms with E-state index < -0.39 is 35.7 Å². The normalized spacial score (nSPS) is 16.1. The molecule has 0 aromatic rings. The number of aliphatic imine (C=N–C) groups is 6. The van der Waals surface area contributed by atoms with Gasteiger partial charge < -0.3 is 26.0 Å². The molecule has 5 N–H and O–H groups in total. The summed E-state index contributed by atoms with van der Waals surface area (Å²) >= 11 is 0. The minimum atomic E-state index is -0.768. The maximum Gasteiger partial charge on any atom is 0.346 e. The molecule has 0 atom stereocenters. The van der Waals surface area contributed by atoms with Crippen LogP contribution in [0.2, 0.25) is 0 Å². The van der Waals surface area contributed by atoms with Crippen molar-refractivity contribution in [2.75, 3.05) is 20.3 Å². The number of allylic oxidation sites excluding steroid dienone is 1. The third kappa shape index (κ3) is 14.8. The molecule has 3 heterocycles. The molecule has 0 fully saturated rings. The Labute approximate surface area is 275 Å². The van der Waals surface area contributed by atoms with Crippen LogP contribution >= 0.6 is 0 Å².